The van der Waals surface area contributed by atoms with Crippen molar-refractivity contribution in [2.75, 3.05) is 39.8 Å². The maximum atomic E-state index is 13.5. The monoisotopic (exact) mass is 438 g/mol. The number of carbonyl (C=O) groups is 2. The second-order valence-electron chi connectivity index (χ2n) is 8.88. The number of benzene rings is 1. The Labute approximate surface area is 190 Å². The van der Waals surface area contributed by atoms with E-state index >= 15 is 0 Å². The average molecular weight is 439 g/mol. The molecule has 1 aromatic rings. The fourth-order valence-corrected chi connectivity index (χ4v) is 5.05. The van der Waals surface area contributed by atoms with Gasteiger partial charge in [0.05, 0.1) is 31.0 Å². The van der Waals surface area contributed by atoms with Gasteiger partial charge in [0.1, 0.15) is 5.75 Å². The SMILES string of the molecule is C=CCN1C(=O)NC(c2ccc(OC)cc2)C2=C1CN(CCCN1CCCCC1C)C2=O. The third-order valence-corrected chi connectivity index (χ3v) is 6.87. The van der Waals surface area contributed by atoms with Gasteiger partial charge >= 0.3 is 6.03 Å². The number of likely N-dealkylation sites (tertiary alicyclic amines) is 1. The summed E-state index contributed by atoms with van der Waals surface area (Å²) in [7, 11) is 1.62. The molecule has 1 fully saturated rings. The first kappa shape index (κ1) is 22.4. The van der Waals surface area contributed by atoms with E-state index < -0.39 is 6.04 Å². The normalized spacial score (nSPS) is 23.9. The highest BCUT2D eigenvalue weighted by atomic mass is 16.5. The van der Waals surface area contributed by atoms with Crippen molar-refractivity contribution in [3.63, 3.8) is 0 Å². The summed E-state index contributed by atoms with van der Waals surface area (Å²) in [6, 6.07) is 7.50. The van der Waals surface area contributed by atoms with Gasteiger partial charge in [-0.15, -0.1) is 6.58 Å². The summed E-state index contributed by atoms with van der Waals surface area (Å²) in [5, 5.41) is 3.03. The molecule has 3 aliphatic rings. The predicted octanol–water partition coefficient (Wildman–Crippen LogP) is 3.31. The molecule has 0 bridgehead atoms. The van der Waals surface area contributed by atoms with Crippen molar-refractivity contribution in [2.24, 2.45) is 0 Å². The lowest BCUT2D eigenvalue weighted by Crippen LogP contribution is -2.47. The van der Waals surface area contributed by atoms with E-state index in [9.17, 15) is 9.59 Å². The molecule has 2 atom stereocenters. The van der Waals surface area contributed by atoms with E-state index in [-0.39, 0.29) is 11.9 Å². The molecule has 0 spiro atoms. The zero-order valence-electron chi connectivity index (χ0n) is 19.2. The van der Waals surface area contributed by atoms with Gasteiger partial charge in [0, 0.05) is 25.7 Å². The van der Waals surface area contributed by atoms with Gasteiger partial charge in [-0.3, -0.25) is 9.69 Å². The van der Waals surface area contributed by atoms with Gasteiger partial charge in [-0.25, -0.2) is 4.79 Å². The van der Waals surface area contributed by atoms with E-state index in [4.69, 9.17) is 4.74 Å². The fourth-order valence-electron chi connectivity index (χ4n) is 5.05. The Balaban J connectivity index is 1.51. The molecule has 0 aliphatic carbocycles. The molecule has 7 nitrogen and oxygen atoms in total. The number of hydrogen-bond donors (Lipinski definition) is 1. The molecule has 4 rings (SSSR count). The largest absolute Gasteiger partial charge is 0.497 e. The topological polar surface area (TPSA) is 65.1 Å². The lowest BCUT2D eigenvalue weighted by Gasteiger charge is -2.33. The molecule has 2 unspecified atom stereocenters. The van der Waals surface area contributed by atoms with E-state index in [2.05, 4.69) is 23.7 Å². The van der Waals surface area contributed by atoms with Crippen LogP contribution in [-0.2, 0) is 4.79 Å². The van der Waals surface area contributed by atoms with Crippen LogP contribution in [0.4, 0.5) is 4.79 Å². The van der Waals surface area contributed by atoms with E-state index in [0.29, 0.717) is 31.2 Å². The summed E-state index contributed by atoms with van der Waals surface area (Å²) in [6.07, 6.45) is 6.46. The fraction of sp³-hybridized carbons (Fsp3) is 0.520. The number of urea groups is 1. The highest BCUT2D eigenvalue weighted by Crippen LogP contribution is 2.36. The quantitative estimate of drug-likeness (QED) is 0.633. The van der Waals surface area contributed by atoms with E-state index in [0.717, 1.165) is 36.5 Å². The highest BCUT2D eigenvalue weighted by molar-refractivity contribution is 6.01. The molecule has 172 valence electrons. The number of rotatable bonds is 8. The van der Waals surface area contributed by atoms with Gasteiger partial charge in [-0.1, -0.05) is 24.6 Å². The van der Waals surface area contributed by atoms with Crippen LogP contribution in [0.3, 0.4) is 0 Å². The molecule has 0 saturated carbocycles. The third kappa shape index (κ3) is 4.39. The Hall–Kier alpha value is -2.80. The average Bonchev–Trinajstić information content (AvgIpc) is 3.13. The number of ether oxygens (including phenoxy) is 1. The Morgan fingerprint density at radius 3 is 2.66 bits per heavy atom. The van der Waals surface area contributed by atoms with Gasteiger partial charge in [0.2, 0.25) is 0 Å². The first-order valence-electron chi connectivity index (χ1n) is 11.6. The number of piperidine rings is 1. The van der Waals surface area contributed by atoms with Crippen LogP contribution < -0.4 is 10.1 Å². The Kier molecular flexibility index (Phi) is 6.84. The number of nitrogens with zero attached hydrogens (tertiary/aromatic N) is 3. The lowest BCUT2D eigenvalue weighted by molar-refractivity contribution is -0.125. The van der Waals surface area contributed by atoms with Crippen molar-refractivity contribution in [1.82, 2.24) is 20.0 Å². The summed E-state index contributed by atoms with van der Waals surface area (Å²) in [4.78, 5) is 32.4. The number of methoxy groups -OCH3 is 1. The molecule has 1 aromatic carbocycles. The van der Waals surface area contributed by atoms with Gasteiger partial charge in [-0.05, 0) is 50.4 Å². The van der Waals surface area contributed by atoms with Gasteiger partial charge in [0.15, 0.2) is 0 Å². The van der Waals surface area contributed by atoms with Crippen molar-refractivity contribution in [1.29, 1.82) is 0 Å². The molecule has 0 radical (unpaired) electrons. The summed E-state index contributed by atoms with van der Waals surface area (Å²) >= 11 is 0. The minimum absolute atomic E-state index is 0.0153. The standard InChI is InChI=1S/C25H34N4O3/c1-4-13-29-21-17-28(16-7-15-27-14-6-5-8-18(27)2)24(30)22(21)23(26-25(29)31)19-9-11-20(32-3)12-10-19/h4,9-12,18,23H,1,5-8,13-17H2,2-3H3,(H,26,31). The zero-order chi connectivity index (χ0) is 22.7. The number of nitrogens with one attached hydrogen (secondary N) is 1. The Bertz CT molecular complexity index is 895. The smallest absolute Gasteiger partial charge is 0.322 e. The maximum Gasteiger partial charge on any atom is 0.322 e. The van der Waals surface area contributed by atoms with Crippen molar-refractivity contribution >= 4 is 11.9 Å². The van der Waals surface area contributed by atoms with Crippen LogP contribution in [0, 0.1) is 0 Å². The van der Waals surface area contributed by atoms with Crippen LogP contribution in [0.2, 0.25) is 0 Å². The molecular weight excluding hydrogens is 404 g/mol. The lowest BCUT2D eigenvalue weighted by atomic mass is 9.95. The predicted molar refractivity (Wildman–Crippen MR) is 124 cm³/mol. The first-order chi connectivity index (χ1) is 15.5. The second-order valence-corrected chi connectivity index (χ2v) is 8.88. The van der Waals surface area contributed by atoms with E-state index in [1.807, 2.05) is 29.2 Å². The third-order valence-electron chi connectivity index (χ3n) is 6.87. The summed E-state index contributed by atoms with van der Waals surface area (Å²) < 4.78 is 5.26. The molecule has 1 N–H and O–H groups in total. The highest BCUT2D eigenvalue weighted by Gasteiger charge is 2.43. The summed E-state index contributed by atoms with van der Waals surface area (Å²) in [6.45, 7) is 9.78. The van der Waals surface area contributed by atoms with Crippen LogP contribution in [-0.4, -0.2) is 72.5 Å². The molecule has 3 heterocycles. The molecule has 7 heteroatoms. The molecule has 3 amide bonds. The zero-order valence-corrected chi connectivity index (χ0v) is 19.2. The van der Waals surface area contributed by atoms with Gasteiger partial charge < -0.3 is 19.9 Å². The second kappa shape index (κ2) is 9.77. The minimum atomic E-state index is -0.455. The van der Waals surface area contributed by atoms with Gasteiger partial charge in [0.25, 0.3) is 5.91 Å². The van der Waals surface area contributed by atoms with Crippen molar-refractivity contribution in [3.8, 4) is 5.75 Å². The number of carbonyl (C=O) groups excluding carboxylic acids is 2. The molecular formula is C25H34N4O3. The van der Waals surface area contributed by atoms with Crippen LogP contribution in [0.15, 0.2) is 48.2 Å². The Morgan fingerprint density at radius 2 is 1.97 bits per heavy atom. The van der Waals surface area contributed by atoms with Crippen LogP contribution >= 0.6 is 0 Å². The van der Waals surface area contributed by atoms with Crippen LogP contribution in [0.1, 0.15) is 44.2 Å². The molecule has 3 aliphatic heterocycles. The van der Waals surface area contributed by atoms with Crippen molar-refractivity contribution in [3.05, 3.63) is 53.8 Å². The van der Waals surface area contributed by atoms with Crippen molar-refractivity contribution < 1.29 is 14.3 Å². The van der Waals surface area contributed by atoms with Crippen LogP contribution in [0.5, 0.6) is 5.75 Å². The van der Waals surface area contributed by atoms with Crippen molar-refractivity contribution in [2.45, 2.75) is 44.7 Å². The molecule has 1 saturated heterocycles. The number of amides is 3. The minimum Gasteiger partial charge on any atom is -0.497 e. The summed E-state index contributed by atoms with van der Waals surface area (Å²) in [5.74, 6) is 0.756. The van der Waals surface area contributed by atoms with E-state index in [1.165, 1.54) is 19.3 Å². The van der Waals surface area contributed by atoms with E-state index in [1.54, 1.807) is 18.1 Å². The molecule has 0 aromatic heterocycles. The molecule has 32 heavy (non-hydrogen) atoms. The van der Waals surface area contributed by atoms with Crippen LogP contribution in [0.25, 0.3) is 0 Å². The maximum absolute atomic E-state index is 13.5. The Morgan fingerprint density at radius 1 is 1.19 bits per heavy atom. The number of hydrogen-bond acceptors (Lipinski definition) is 4. The summed E-state index contributed by atoms with van der Waals surface area (Å²) in [5.41, 5.74) is 2.34. The first-order valence-corrected chi connectivity index (χ1v) is 11.6. The van der Waals surface area contributed by atoms with Gasteiger partial charge in [-0.2, -0.15) is 0 Å².